The highest BCUT2D eigenvalue weighted by molar-refractivity contribution is 6.31. The van der Waals surface area contributed by atoms with Crippen molar-refractivity contribution in [3.8, 4) is 0 Å². The Morgan fingerprint density at radius 3 is 2.80 bits per heavy atom. The first-order chi connectivity index (χ1) is 7.00. The highest BCUT2D eigenvalue weighted by Crippen LogP contribution is 2.45. The minimum Gasteiger partial charge on any atom is -0.397 e. The number of benzene rings is 1. The molecule has 0 heterocycles. The lowest BCUT2D eigenvalue weighted by Crippen LogP contribution is -2.13. The van der Waals surface area contributed by atoms with Crippen molar-refractivity contribution in [1.82, 2.24) is 0 Å². The fourth-order valence-electron chi connectivity index (χ4n) is 1.41. The van der Waals surface area contributed by atoms with Gasteiger partial charge in [0, 0.05) is 12.6 Å². The Morgan fingerprint density at radius 1 is 1.53 bits per heavy atom. The Labute approximate surface area is 93.6 Å². The van der Waals surface area contributed by atoms with Crippen molar-refractivity contribution in [3.63, 3.8) is 0 Å². The van der Waals surface area contributed by atoms with E-state index in [0.29, 0.717) is 11.1 Å². The lowest BCUT2D eigenvalue weighted by Gasteiger charge is -2.13. The van der Waals surface area contributed by atoms with E-state index in [0.717, 1.165) is 12.2 Å². The average Bonchev–Trinajstić information content (AvgIpc) is 2.89. The van der Waals surface area contributed by atoms with Gasteiger partial charge in [-0.05, 0) is 24.3 Å². The second kappa shape index (κ2) is 3.56. The molecule has 1 aliphatic rings. The molecule has 1 aromatic rings. The Kier molecular flexibility index (Phi) is 2.51. The van der Waals surface area contributed by atoms with Crippen molar-refractivity contribution in [1.29, 1.82) is 0 Å². The molecule has 1 aromatic carbocycles. The van der Waals surface area contributed by atoms with E-state index in [2.05, 4.69) is 12.2 Å². The second-order valence-corrected chi connectivity index (χ2v) is 4.92. The zero-order valence-electron chi connectivity index (χ0n) is 8.61. The van der Waals surface area contributed by atoms with Crippen LogP contribution in [-0.2, 0) is 0 Å². The summed E-state index contributed by atoms with van der Waals surface area (Å²) in [7, 11) is 0. The average molecular weight is 229 g/mol. The normalized spacial score (nSPS) is 17.5. The van der Waals surface area contributed by atoms with E-state index in [1.165, 1.54) is 25.0 Å². The van der Waals surface area contributed by atoms with Gasteiger partial charge in [-0.15, -0.1) is 0 Å². The third-order valence-electron chi connectivity index (χ3n) is 2.90. The zero-order chi connectivity index (χ0) is 11.1. The maximum Gasteiger partial charge on any atom is 0.143 e. The summed E-state index contributed by atoms with van der Waals surface area (Å²) in [5.41, 5.74) is 7.18. The van der Waals surface area contributed by atoms with Crippen LogP contribution in [0.1, 0.15) is 19.8 Å². The number of hydrogen-bond acceptors (Lipinski definition) is 2. The first-order valence-corrected chi connectivity index (χ1v) is 5.36. The van der Waals surface area contributed by atoms with Crippen molar-refractivity contribution in [2.45, 2.75) is 19.8 Å². The molecule has 0 aliphatic heterocycles. The molecular weight excluding hydrogens is 215 g/mol. The third-order valence-corrected chi connectivity index (χ3v) is 3.19. The summed E-state index contributed by atoms with van der Waals surface area (Å²) in [5, 5.41) is 3.31. The van der Waals surface area contributed by atoms with Crippen LogP contribution in [-0.4, -0.2) is 6.54 Å². The Morgan fingerprint density at radius 2 is 2.20 bits per heavy atom. The van der Waals surface area contributed by atoms with Gasteiger partial charge in [0.25, 0.3) is 0 Å². The summed E-state index contributed by atoms with van der Waals surface area (Å²) >= 11 is 5.68. The van der Waals surface area contributed by atoms with E-state index in [-0.39, 0.29) is 5.02 Å². The number of nitrogens with two attached hydrogens (primary N) is 1. The highest BCUT2D eigenvalue weighted by Gasteiger charge is 2.36. The number of nitrogens with one attached hydrogen (secondary N) is 1. The summed E-state index contributed by atoms with van der Waals surface area (Å²) in [6.07, 6.45) is 2.46. The lowest BCUT2D eigenvalue weighted by atomic mass is 10.1. The van der Waals surface area contributed by atoms with Crippen LogP contribution in [0.2, 0.25) is 5.02 Å². The SMILES string of the molecule is CC1(CNc2cc(Cl)c(F)cc2N)CC1. The number of rotatable bonds is 3. The van der Waals surface area contributed by atoms with Crippen LogP contribution < -0.4 is 11.1 Å². The summed E-state index contributed by atoms with van der Waals surface area (Å²) in [6.45, 7) is 3.07. The summed E-state index contributed by atoms with van der Waals surface area (Å²) in [5.74, 6) is -0.475. The van der Waals surface area contributed by atoms with E-state index in [9.17, 15) is 4.39 Å². The van der Waals surface area contributed by atoms with Gasteiger partial charge in [0.1, 0.15) is 5.82 Å². The number of nitrogen functional groups attached to an aromatic ring is 1. The van der Waals surface area contributed by atoms with Crippen molar-refractivity contribution in [3.05, 3.63) is 23.0 Å². The quantitative estimate of drug-likeness (QED) is 0.780. The van der Waals surface area contributed by atoms with E-state index in [1.807, 2.05) is 0 Å². The molecule has 1 aliphatic carbocycles. The smallest absolute Gasteiger partial charge is 0.143 e. The van der Waals surface area contributed by atoms with E-state index in [1.54, 1.807) is 0 Å². The van der Waals surface area contributed by atoms with Gasteiger partial charge in [0.2, 0.25) is 0 Å². The number of hydrogen-bond donors (Lipinski definition) is 2. The summed E-state index contributed by atoms with van der Waals surface area (Å²) in [4.78, 5) is 0. The van der Waals surface area contributed by atoms with E-state index < -0.39 is 5.82 Å². The molecule has 0 unspecified atom stereocenters. The Balaban J connectivity index is 2.10. The second-order valence-electron chi connectivity index (χ2n) is 4.52. The molecule has 3 N–H and O–H groups in total. The molecule has 0 bridgehead atoms. The Bertz CT molecular complexity index is 388. The monoisotopic (exact) mass is 228 g/mol. The maximum atomic E-state index is 13.0. The van der Waals surface area contributed by atoms with E-state index in [4.69, 9.17) is 17.3 Å². The van der Waals surface area contributed by atoms with Crippen molar-refractivity contribution in [2.75, 3.05) is 17.6 Å². The van der Waals surface area contributed by atoms with Gasteiger partial charge < -0.3 is 11.1 Å². The van der Waals surface area contributed by atoms with Gasteiger partial charge >= 0.3 is 0 Å². The molecular formula is C11H14ClFN2. The van der Waals surface area contributed by atoms with Crippen LogP contribution in [0, 0.1) is 11.2 Å². The van der Waals surface area contributed by atoms with E-state index >= 15 is 0 Å². The molecule has 82 valence electrons. The molecule has 0 amide bonds. The van der Waals surface area contributed by atoms with Gasteiger partial charge in [-0.3, -0.25) is 0 Å². The molecule has 2 rings (SSSR count). The highest BCUT2D eigenvalue weighted by atomic mass is 35.5. The Hall–Kier alpha value is -0.960. The molecule has 0 saturated heterocycles. The molecule has 15 heavy (non-hydrogen) atoms. The molecule has 1 fully saturated rings. The molecule has 0 atom stereocenters. The van der Waals surface area contributed by atoms with Gasteiger partial charge in [-0.25, -0.2) is 4.39 Å². The fraction of sp³-hybridized carbons (Fsp3) is 0.455. The molecule has 0 spiro atoms. The topological polar surface area (TPSA) is 38.0 Å². The van der Waals surface area contributed by atoms with Crippen LogP contribution in [0.15, 0.2) is 12.1 Å². The molecule has 1 saturated carbocycles. The molecule has 2 nitrogen and oxygen atoms in total. The zero-order valence-corrected chi connectivity index (χ0v) is 9.37. The summed E-state index contributed by atoms with van der Waals surface area (Å²) in [6, 6.07) is 2.79. The van der Waals surface area contributed by atoms with Crippen molar-refractivity contribution in [2.24, 2.45) is 5.41 Å². The minimum atomic E-state index is -0.475. The standard InChI is InChI=1S/C11H14ClFN2/c1-11(2-3-11)6-15-10-4-7(12)8(13)5-9(10)14/h4-5,15H,2-3,6,14H2,1H3. The summed E-state index contributed by atoms with van der Waals surface area (Å²) < 4.78 is 13.0. The first kappa shape index (κ1) is 10.6. The third kappa shape index (κ3) is 2.34. The number of anilines is 2. The van der Waals surface area contributed by atoms with Crippen LogP contribution in [0.3, 0.4) is 0 Å². The van der Waals surface area contributed by atoms with Crippen LogP contribution in [0.5, 0.6) is 0 Å². The van der Waals surface area contributed by atoms with Crippen molar-refractivity contribution >= 4 is 23.0 Å². The maximum absolute atomic E-state index is 13.0. The van der Waals surface area contributed by atoms with Crippen LogP contribution >= 0.6 is 11.6 Å². The van der Waals surface area contributed by atoms with Gasteiger partial charge in [0.05, 0.1) is 16.4 Å². The van der Waals surface area contributed by atoms with Gasteiger partial charge in [0.15, 0.2) is 0 Å². The largest absolute Gasteiger partial charge is 0.397 e. The fourth-order valence-corrected chi connectivity index (χ4v) is 1.58. The van der Waals surface area contributed by atoms with Crippen LogP contribution in [0.4, 0.5) is 15.8 Å². The molecule has 0 aromatic heterocycles. The van der Waals surface area contributed by atoms with Crippen LogP contribution in [0.25, 0.3) is 0 Å². The van der Waals surface area contributed by atoms with Gasteiger partial charge in [-0.1, -0.05) is 18.5 Å². The first-order valence-electron chi connectivity index (χ1n) is 4.99. The number of halogens is 2. The van der Waals surface area contributed by atoms with Crippen molar-refractivity contribution < 1.29 is 4.39 Å². The minimum absolute atomic E-state index is 0.104. The molecule has 0 radical (unpaired) electrons. The predicted molar refractivity (Wildman–Crippen MR) is 61.7 cm³/mol. The lowest BCUT2D eigenvalue weighted by molar-refractivity contribution is 0.610. The molecule has 4 heteroatoms. The predicted octanol–water partition coefficient (Wildman–Crippen LogP) is 3.27. The van der Waals surface area contributed by atoms with Gasteiger partial charge in [-0.2, -0.15) is 0 Å².